The fourth-order valence-electron chi connectivity index (χ4n) is 3.78. The quantitative estimate of drug-likeness (QED) is 0.397. The van der Waals surface area contributed by atoms with E-state index in [4.69, 9.17) is 26.1 Å². The molecule has 35 heavy (non-hydrogen) atoms. The number of rotatable bonds is 4. The van der Waals surface area contributed by atoms with E-state index in [2.05, 4.69) is 12.6 Å². The van der Waals surface area contributed by atoms with Crippen LogP contribution in [0.5, 0.6) is 5.75 Å². The first kappa shape index (κ1) is 25.4. The molecule has 0 radical (unpaired) electrons. The smallest absolute Gasteiger partial charge is 0.410 e. The second kappa shape index (κ2) is 10.5. The van der Waals surface area contributed by atoms with Gasteiger partial charge in [0, 0.05) is 53.5 Å². The molecule has 186 valence electrons. The van der Waals surface area contributed by atoms with Crippen molar-refractivity contribution in [3.63, 3.8) is 0 Å². The summed E-state index contributed by atoms with van der Waals surface area (Å²) in [6.07, 6.45) is 0.438. The number of carbonyl (C=O) groups is 2. The van der Waals surface area contributed by atoms with Crippen molar-refractivity contribution in [2.75, 3.05) is 32.8 Å². The number of nitrogens with zero attached hydrogens (tertiary/aromatic N) is 2. The summed E-state index contributed by atoms with van der Waals surface area (Å²) in [4.78, 5) is 40.8. The molecule has 2 aliphatic rings. The van der Waals surface area contributed by atoms with Crippen LogP contribution in [0.2, 0.25) is 5.02 Å². The molecule has 2 aliphatic heterocycles. The van der Waals surface area contributed by atoms with Gasteiger partial charge >= 0.3 is 6.09 Å². The molecule has 0 aliphatic carbocycles. The van der Waals surface area contributed by atoms with Crippen LogP contribution in [0, 0.1) is 0 Å². The summed E-state index contributed by atoms with van der Waals surface area (Å²) in [7, 11) is 0. The fraction of sp³-hybridized carbons (Fsp3) is 0.385. The summed E-state index contributed by atoms with van der Waals surface area (Å²) in [6, 6.07) is 11.5. The second-order valence-corrected chi connectivity index (χ2v) is 10.9. The molecule has 0 saturated carbocycles. The van der Waals surface area contributed by atoms with Crippen LogP contribution in [-0.2, 0) is 20.8 Å². The molecule has 0 atom stereocenters. The van der Waals surface area contributed by atoms with E-state index in [1.54, 1.807) is 27.6 Å². The van der Waals surface area contributed by atoms with E-state index in [0.29, 0.717) is 48.9 Å². The van der Waals surface area contributed by atoms with Crippen LogP contribution in [0.3, 0.4) is 0 Å². The van der Waals surface area contributed by atoms with E-state index in [1.165, 1.54) is 0 Å². The predicted octanol–water partition coefficient (Wildman–Crippen LogP) is 5.45. The van der Waals surface area contributed by atoms with Crippen LogP contribution < -0.4 is 4.89 Å². The van der Waals surface area contributed by atoms with Gasteiger partial charge in [0.2, 0.25) is 0 Å². The number of ether oxygens (including phenoxy) is 1. The van der Waals surface area contributed by atoms with Crippen molar-refractivity contribution in [1.82, 2.24) is 9.80 Å². The van der Waals surface area contributed by atoms with Crippen LogP contribution in [0.15, 0.2) is 52.8 Å². The summed E-state index contributed by atoms with van der Waals surface area (Å²) < 4.78 is 5.42. The molecule has 2 amide bonds. The Morgan fingerprint density at radius 3 is 2.46 bits per heavy atom. The van der Waals surface area contributed by atoms with Crippen molar-refractivity contribution in [2.45, 2.75) is 42.6 Å². The second-order valence-electron chi connectivity index (χ2n) is 9.41. The first-order chi connectivity index (χ1) is 16.6. The maximum Gasteiger partial charge on any atom is 0.410 e. The van der Waals surface area contributed by atoms with Gasteiger partial charge in [-0.1, -0.05) is 36.0 Å². The van der Waals surface area contributed by atoms with Crippen molar-refractivity contribution in [1.29, 1.82) is 0 Å². The minimum Gasteiger partial charge on any atom is -0.444 e. The lowest BCUT2D eigenvalue weighted by molar-refractivity contribution is -0.215. The minimum atomic E-state index is -0.550. The van der Waals surface area contributed by atoms with Crippen LogP contribution in [0.4, 0.5) is 4.79 Å². The third kappa shape index (κ3) is 6.31. The summed E-state index contributed by atoms with van der Waals surface area (Å²) in [6.45, 7) is 11.7. The Morgan fingerprint density at radius 1 is 1.06 bits per heavy atom. The molecule has 0 aromatic heterocycles. The normalized spacial score (nSPS) is 15.8. The summed E-state index contributed by atoms with van der Waals surface area (Å²) in [5.41, 5.74) is 1.60. The topological polar surface area (TPSA) is 68.3 Å². The monoisotopic (exact) mass is 516 g/mol. The lowest BCUT2D eigenvalue weighted by atomic mass is 10.1. The highest BCUT2D eigenvalue weighted by molar-refractivity contribution is 7.99. The molecule has 4 rings (SSSR count). The van der Waals surface area contributed by atoms with Crippen molar-refractivity contribution in [3.8, 4) is 5.75 Å². The largest absolute Gasteiger partial charge is 0.444 e. The number of benzene rings is 2. The molecule has 7 nitrogen and oxygen atoms in total. The van der Waals surface area contributed by atoms with Gasteiger partial charge in [-0.05, 0) is 56.7 Å². The van der Waals surface area contributed by atoms with Crippen molar-refractivity contribution in [2.24, 2.45) is 0 Å². The number of fused-ring (bicyclic) bond motifs is 1. The van der Waals surface area contributed by atoms with Crippen LogP contribution in [0.25, 0.3) is 5.57 Å². The van der Waals surface area contributed by atoms with Gasteiger partial charge in [0.15, 0.2) is 5.75 Å². The first-order valence-electron chi connectivity index (χ1n) is 11.5. The van der Waals surface area contributed by atoms with Crippen LogP contribution >= 0.6 is 23.4 Å². The van der Waals surface area contributed by atoms with Gasteiger partial charge in [0.05, 0.1) is 11.6 Å². The standard InChI is InChI=1S/C26H29ClN2O5S/c1-17(24(30)28-10-12-29(13-11-28)25(31)33-26(2,3)4)18-5-8-23(21(27)16-18)35-20-6-7-22-19(15-20)9-14-32-34-22/h5-8,15-16H,1,9-14H2,2-4H3. The van der Waals surface area contributed by atoms with Crippen molar-refractivity contribution < 1.29 is 24.1 Å². The highest BCUT2D eigenvalue weighted by Gasteiger charge is 2.28. The molecule has 9 heteroatoms. The maximum absolute atomic E-state index is 13.0. The van der Waals surface area contributed by atoms with E-state index in [1.807, 2.05) is 45.0 Å². The number of hydrogen-bond acceptors (Lipinski definition) is 6. The number of carbonyl (C=O) groups excluding carboxylic acids is 2. The summed E-state index contributed by atoms with van der Waals surface area (Å²) in [5, 5.41) is 0.550. The van der Waals surface area contributed by atoms with E-state index in [9.17, 15) is 9.59 Å². The SMILES string of the molecule is C=C(C(=O)N1CCN(C(=O)OC(C)(C)C)CC1)c1ccc(Sc2ccc3c(c2)CCOO3)c(Cl)c1. The van der Waals surface area contributed by atoms with Gasteiger partial charge in [0.25, 0.3) is 5.91 Å². The lowest BCUT2D eigenvalue weighted by Crippen LogP contribution is -2.51. The third-order valence-electron chi connectivity index (χ3n) is 5.62. The van der Waals surface area contributed by atoms with Gasteiger partial charge < -0.3 is 19.4 Å². The van der Waals surface area contributed by atoms with Crippen LogP contribution in [0.1, 0.15) is 31.9 Å². The first-order valence-corrected chi connectivity index (χ1v) is 12.7. The van der Waals surface area contributed by atoms with Gasteiger partial charge in [-0.2, -0.15) is 4.89 Å². The zero-order valence-electron chi connectivity index (χ0n) is 20.1. The van der Waals surface area contributed by atoms with Crippen molar-refractivity contribution >= 4 is 40.9 Å². The molecular formula is C26H29ClN2O5S. The highest BCUT2D eigenvalue weighted by atomic mass is 35.5. The number of amides is 2. The molecule has 0 spiro atoms. The molecule has 2 aromatic rings. The van der Waals surface area contributed by atoms with Crippen molar-refractivity contribution in [3.05, 3.63) is 59.1 Å². The Bertz CT molecular complexity index is 1140. The Labute approximate surface area is 214 Å². The fourth-order valence-corrected chi connectivity index (χ4v) is 4.96. The molecule has 0 unspecified atom stereocenters. The Balaban J connectivity index is 1.36. The van der Waals surface area contributed by atoms with E-state index in [-0.39, 0.29) is 12.0 Å². The average molecular weight is 517 g/mol. The highest BCUT2D eigenvalue weighted by Crippen LogP contribution is 2.37. The Kier molecular flexibility index (Phi) is 7.64. The van der Waals surface area contributed by atoms with E-state index in [0.717, 1.165) is 27.5 Å². The van der Waals surface area contributed by atoms with Crippen LogP contribution in [-0.4, -0.2) is 60.2 Å². The van der Waals surface area contributed by atoms with Gasteiger partial charge in [0.1, 0.15) is 5.60 Å². The number of hydrogen-bond donors (Lipinski definition) is 0. The molecule has 2 heterocycles. The number of piperazine rings is 1. The van der Waals surface area contributed by atoms with E-state index < -0.39 is 5.60 Å². The van der Waals surface area contributed by atoms with Gasteiger partial charge in [-0.25, -0.2) is 4.79 Å². The Hall–Kier alpha value is -2.68. The molecule has 2 aromatic carbocycles. The maximum atomic E-state index is 13.0. The molecule has 0 bridgehead atoms. The Morgan fingerprint density at radius 2 is 1.77 bits per heavy atom. The summed E-state index contributed by atoms with van der Waals surface area (Å²) in [5.74, 6) is 0.575. The van der Waals surface area contributed by atoms with E-state index >= 15 is 0 Å². The number of halogens is 1. The third-order valence-corrected chi connectivity index (χ3v) is 7.11. The average Bonchev–Trinajstić information content (AvgIpc) is 2.83. The molecular weight excluding hydrogens is 488 g/mol. The lowest BCUT2D eigenvalue weighted by Gasteiger charge is -2.35. The zero-order chi connectivity index (χ0) is 25.2. The predicted molar refractivity (Wildman–Crippen MR) is 136 cm³/mol. The zero-order valence-corrected chi connectivity index (χ0v) is 21.7. The van der Waals surface area contributed by atoms with Gasteiger partial charge in [-0.15, -0.1) is 0 Å². The molecule has 1 fully saturated rings. The minimum absolute atomic E-state index is 0.165. The molecule has 0 N–H and O–H groups in total. The van der Waals surface area contributed by atoms with Gasteiger partial charge in [-0.3, -0.25) is 4.79 Å². The summed E-state index contributed by atoms with van der Waals surface area (Å²) >= 11 is 8.12. The molecule has 1 saturated heterocycles.